The first kappa shape index (κ1) is 25.2. The lowest BCUT2D eigenvalue weighted by Gasteiger charge is -1.99. The molecule has 23 heavy (non-hydrogen) atoms. The molecule has 0 aliphatic rings. The van der Waals surface area contributed by atoms with Crippen molar-refractivity contribution in [1.29, 1.82) is 0 Å². The molecule has 0 saturated heterocycles. The van der Waals surface area contributed by atoms with Gasteiger partial charge in [0.05, 0.1) is 19.4 Å². The van der Waals surface area contributed by atoms with Gasteiger partial charge in [-0.05, 0) is 0 Å². The van der Waals surface area contributed by atoms with Gasteiger partial charge in [-0.2, -0.15) is 0 Å². The van der Waals surface area contributed by atoms with Gasteiger partial charge < -0.3 is 42.7 Å². The minimum absolute atomic E-state index is 0.278. The highest BCUT2D eigenvalue weighted by Crippen LogP contribution is 1.86. The molecule has 0 bridgehead atoms. The molecule has 0 aromatic rings. The van der Waals surface area contributed by atoms with Gasteiger partial charge in [0.2, 0.25) is 0 Å². The third-order valence-electron chi connectivity index (χ3n) is 1.60. The van der Waals surface area contributed by atoms with Crippen LogP contribution in [0.3, 0.4) is 0 Å². The van der Waals surface area contributed by atoms with Crippen molar-refractivity contribution in [1.82, 2.24) is 0 Å². The summed E-state index contributed by atoms with van der Waals surface area (Å²) < 4.78 is 0. The molecule has 0 radical (unpaired) electrons. The second-order valence-electron chi connectivity index (χ2n) is 3.68. The van der Waals surface area contributed by atoms with Crippen LogP contribution in [0.1, 0.15) is 12.8 Å². The fourth-order valence-electron chi connectivity index (χ4n) is 0.551. The normalized spacial score (nSPS) is 11.4. The third-order valence-corrected chi connectivity index (χ3v) is 1.60. The maximum absolute atomic E-state index is 9.85. The zero-order chi connectivity index (χ0) is 19.2. The minimum atomic E-state index is -1.29. The lowest BCUT2D eigenvalue weighted by Crippen LogP contribution is -2.32. The number of carboxylic acid groups (broad SMARTS) is 5. The second-order valence-corrected chi connectivity index (χ2v) is 3.68. The molecule has 13 nitrogen and oxygen atoms in total. The lowest BCUT2D eigenvalue weighted by molar-refractivity contribution is -0.144. The van der Waals surface area contributed by atoms with Crippen LogP contribution in [0.2, 0.25) is 0 Å². The van der Waals surface area contributed by atoms with Crippen LogP contribution in [0.5, 0.6) is 0 Å². The number of carboxylic acids is 5. The van der Waals surface area contributed by atoms with Crippen LogP contribution >= 0.6 is 0 Å². The fourth-order valence-corrected chi connectivity index (χ4v) is 0.551. The van der Waals surface area contributed by atoms with Crippen molar-refractivity contribution in [2.24, 2.45) is 17.2 Å². The molecule has 0 aromatic carbocycles. The maximum Gasteiger partial charge on any atom is 0.321 e. The standard InChI is InChI=1S/2C4H7NO4.C2H5NO2/c2*5-2(4(8)9)1-3(6)7;3-1-2(4)5/h2*2H,1,5H2,(H,6,7)(H,8,9);1,3H2,(H,4,5)/t2*2-;/m00./s1. The Morgan fingerprint density at radius 2 is 0.870 bits per heavy atom. The summed E-state index contributed by atoms with van der Waals surface area (Å²) in [6.45, 7) is -0.278. The molecule has 0 unspecified atom stereocenters. The number of aliphatic carboxylic acids is 5. The SMILES string of the molecule is NCC(=O)O.N[C@@H](CC(=O)O)C(=O)O.N[C@@H](CC(=O)O)C(=O)O. The summed E-state index contributed by atoms with van der Waals surface area (Å²) in [5, 5.41) is 39.7. The minimum Gasteiger partial charge on any atom is -0.481 e. The van der Waals surface area contributed by atoms with Crippen LogP contribution < -0.4 is 17.2 Å². The summed E-state index contributed by atoms with van der Waals surface area (Å²) in [6.07, 6.45) is -1.06. The third kappa shape index (κ3) is 24.6. The molecule has 2 atom stereocenters. The van der Waals surface area contributed by atoms with Gasteiger partial charge in [-0.25, -0.2) is 0 Å². The zero-order valence-electron chi connectivity index (χ0n) is 11.8. The maximum atomic E-state index is 9.85. The second kappa shape index (κ2) is 14.2. The topological polar surface area (TPSA) is 265 Å². The Bertz CT molecular complexity index is 393. The molecule has 0 aliphatic heterocycles. The molecule has 11 N–H and O–H groups in total. The average molecular weight is 341 g/mol. The highest BCUT2D eigenvalue weighted by Gasteiger charge is 2.15. The molecule has 134 valence electrons. The van der Waals surface area contributed by atoms with Crippen molar-refractivity contribution in [2.75, 3.05) is 6.54 Å². The van der Waals surface area contributed by atoms with Crippen molar-refractivity contribution in [2.45, 2.75) is 24.9 Å². The van der Waals surface area contributed by atoms with E-state index in [4.69, 9.17) is 37.0 Å². The van der Waals surface area contributed by atoms with E-state index in [9.17, 15) is 24.0 Å². The van der Waals surface area contributed by atoms with Gasteiger partial charge >= 0.3 is 29.8 Å². The molecule has 0 spiro atoms. The van der Waals surface area contributed by atoms with Gasteiger partial charge in [-0.3, -0.25) is 24.0 Å². The van der Waals surface area contributed by atoms with Crippen molar-refractivity contribution < 1.29 is 49.5 Å². The van der Waals surface area contributed by atoms with Gasteiger partial charge in [0, 0.05) is 0 Å². The van der Waals surface area contributed by atoms with Gasteiger partial charge in [-0.15, -0.1) is 0 Å². The summed E-state index contributed by atoms with van der Waals surface area (Å²) in [6, 6.07) is -2.58. The first-order chi connectivity index (χ1) is 10.3. The van der Waals surface area contributed by atoms with E-state index >= 15 is 0 Å². The van der Waals surface area contributed by atoms with E-state index in [0.29, 0.717) is 0 Å². The van der Waals surface area contributed by atoms with Crippen LogP contribution in [0.4, 0.5) is 0 Å². The number of rotatable bonds is 7. The van der Waals surface area contributed by atoms with E-state index in [2.05, 4.69) is 5.73 Å². The van der Waals surface area contributed by atoms with Crippen molar-refractivity contribution in [3.63, 3.8) is 0 Å². The summed E-state index contributed by atoms with van der Waals surface area (Å²) in [5.74, 6) is -5.96. The Morgan fingerprint density at radius 1 is 0.652 bits per heavy atom. The Kier molecular flexibility index (Phi) is 15.5. The molecule has 13 heteroatoms. The molecule has 0 amide bonds. The van der Waals surface area contributed by atoms with Crippen LogP contribution in [-0.4, -0.2) is 74.0 Å². The smallest absolute Gasteiger partial charge is 0.321 e. The lowest BCUT2D eigenvalue weighted by atomic mass is 10.2. The Balaban J connectivity index is -0.000000273. The van der Waals surface area contributed by atoms with Crippen LogP contribution in [-0.2, 0) is 24.0 Å². The molecule has 0 heterocycles. The monoisotopic (exact) mass is 341 g/mol. The highest BCUT2D eigenvalue weighted by atomic mass is 16.4. The first-order valence-corrected chi connectivity index (χ1v) is 5.67. The van der Waals surface area contributed by atoms with Crippen LogP contribution in [0.15, 0.2) is 0 Å². The quantitative estimate of drug-likeness (QED) is 0.226. The number of carbonyl (C=O) groups is 5. The predicted molar refractivity (Wildman–Crippen MR) is 72.4 cm³/mol. The molecule has 0 saturated carbocycles. The molecule has 0 aliphatic carbocycles. The fraction of sp³-hybridized carbons (Fsp3) is 0.500. The van der Waals surface area contributed by atoms with E-state index in [1.807, 2.05) is 0 Å². The van der Waals surface area contributed by atoms with Crippen molar-refractivity contribution in [3.05, 3.63) is 0 Å². The largest absolute Gasteiger partial charge is 0.481 e. The number of hydrogen-bond donors (Lipinski definition) is 8. The highest BCUT2D eigenvalue weighted by molar-refractivity contribution is 5.80. The summed E-state index contributed by atoms with van der Waals surface area (Å²) in [7, 11) is 0. The van der Waals surface area contributed by atoms with E-state index in [-0.39, 0.29) is 6.54 Å². The zero-order valence-corrected chi connectivity index (χ0v) is 11.8. The molecule has 0 fully saturated rings. The average Bonchev–Trinajstić information content (AvgIpc) is 2.38. The van der Waals surface area contributed by atoms with Gasteiger partial charge in [-0.1, -0.05) is 0 Å². The summed E-state index contributed by atoms with van der Waals surface area (Å²) >= 11 is 0. The van der Waals surface area contributed by atoms with Crippen molar-refractivity contribution >= 4 is 29.8 Å². The van der Waals surface area contributed by atoms with E-state index < -0.39 is 54.8 Å². The molecule has 0 aromatic heterocycles. The first-order valence-electron chi connectivity index (χ1n) is 5.67. The van der Waals surface area contributed by atoms with Gasteiger partial charge in [0.25, 0.3) is 0 Å². The number of nitrogens with two attached hydrogens (primary N) is 3. The molecule has 0 rings (SSSR count). The summed E-state index contributed by atoms with van der Waals surface area (Å²) in [4.78, 5) is 48.5. The van der Waals surface area contributed by atoms with Gasteiger partial charge in [0.15, 0.2) is 0 Å². The van der Waals surface area contributed by atoms with Crippen LogP contribution in [0, 0.1) is 0 Å². The Morgan fingerprint density at radius 3 is 0.913 bits per heavy atom. The Labute approximate surface area is 129 Å². The summed E-state index contributed by atoms with van der Waals surface area (Å²) in [5.41, 5.74) is 14.2. The van der Waals surface area contributed by atoms with E-state index in [1.165, 1.54) is 0 Å². The van der Waals surface area contributed by atoms with E-state index in [1.54, 1.807) is 0 Å². The Hall–Kier alpha value is -2.77. The van der Waals surface area contributed by atoms with Crippen LogP contribution in [0.25, 0.3) is 0 Å². The number of hydrogen-bond acceptors (Lipinski definition) is 8. The molecular weight excluding hydrogens is 322 g/mol. The molecular formula is C10H19N3O10. The van der Waals surface area contributed by atoms with E-state index in [0.717, 1.165) is 0 Å². The van der Waals surface area contributed by atoms with Gasteiger partial charge in [0.1, 0.15) is 12.1 Å². The van der Waals surface area contributed by atoms with Crippen molar-refractivity contribution in [3.8, 4) is 0 Å². The predicted octanol–water partition coefficient (Wildman–Crippen LogP) is -3.22.